The highest BCUT2D eigenvalue weighted by Gasteiger charge is 2.08. The Morgan fingerprint density at radius 1 is 0.885 bits per heavy atom. The number of amides is 1. The minimum atomic E-state index is -0.322. The standard InChI is InChI=1S/C20H19FN4O/c21-17-8-6-16(7-9-17)14-23-20(26)18-10-11-19(25-24-18)22-13-12-15-4-2-1-3-5-15/h1-11H,12-14H2,(H,22,25)(H,23,26). The molecule has 2 aromatic carbocycles. The van der Waals surface area contributed by atoms with Crippen LogP contribution < -0.4 is 10.6 Å². The Morgan fingerprint density at radius 2 is 1.65 bits per heavy atom. The zero-order valence-electron chi connectivity index (χ0n) is 14.2. The molecule has 0 radical (unpaired) electrons. The molecule has 0 bridgehead atoms. The third kappa shape index (κ3) is 5.11. The van der Waals surface area contributed by atoms with Crippen molar-refractivity contribution in [2.75, 3.05) is 11.9 Å². The number of hydrogen-bond acceptors (Lipinski definition) is 4. The van der Waals surface area contributed by atoms with Gasteiger partial charge in [0.25, 0.3) is 5.91 Å². The number of aromatic nitrogens is 2. The van der Waals surface area contributed by atoms with Crippen molar-refractivity contribution < 1.29 is 9.18 Å². The van der Waals surface area contributed by atoms with E-state index in [4.69, 9.17) is 0 Å². The zero-order chi connectivity index (χ0) is 18.2. The number of rotatable bonds is 7. The number of anilines is 1. The lowest BCUT2D eigenvalue weighted by Crippen LogP contribution is -2.24. The molecule has 6 heteroatoms. The van der Waals surface area contributed by atoms with Crippen molar-refractivity contribution >= 4 is 11.7 Å². The number of carbonyl (C=O) groups is 1. The van der Waals surface area contributed by atoms with Gasteiger partial charge < -0.3 is 10.6 Å². The summed E-state index contributed by atoms with van der Waals surface area (Å²) in [5, 5.41) is 13.9. The summed E-state index contributed by atoms with van der Waals surface area (Å²) >= 11 is 0. The quantitative estimate of drug-likeness (QED) is 0.687. The monoisotopic (exact) mass is 350 g/mol. The minimum absolute atomic E-state index is 0.237. The molecule has 1 heterocycles. The van der Waals surface area contributed by atoms with E-state index in [-0.39, 0.29) is 17.4 Å². The Bertz CT molecular complexity index is 836. The van der Waals surface area contributed by atoms with Crippen molar-refractivity contribution in [3.8, 4) is 0 Å². The summed E-state index contributed by atoms with van der Waals surface area (Å²) < 4.78 is 12.9. The highest BCUT2D eigenvalue weighted by atomic mass is 19.1. The minimum Gasteiger partial charge on any atom is -0.368 e. The van der Waals surface area contributed by atoms with Crippen LogP contribution in [0.15, 0.2) is 66.7 Å². The van der Waals surface area contributed by atoms with Crippen molar-refractivity contribution in [2.45, 2.75) is 13.0 Å². The van der Waals surface area contributed by atoms with Gasteiger partial charge in [-0.3, -0.25) is 4.79 Å². The number of nitrogens with one attached hydrogen (secondary N) is 2. The van der Waals surface area contributed by atoms with Crippen molar-refractivity contribution in [2.24, 2.45) is 0 Å². The first-order valence-corrected chi connectivity index (χ1v) is 8.35. The lowest BCUT2D eigenvalue weighted by atomic mass is 10.1. The molecule has 0 aliphatic carbocycles. The van der Waals surface area contributed by atoms with Crippen LogP contribution in [0.2, 0.25) is 0 Å². The van der Waals surface area contributed by atoms with Crippen molar-refractivity contribution in [1.29, 1.82) is 0 Å². The molecule has 5 nitrogen and oxygen atoms in total. The van der Waals surface area contributed by atoms with Crippen LogP contribution in [0.25, 0.3) is 0 Å². The zero-order valence-corrected chi connectivity index (χ0v) is 14.2. The Labute approximate surface area is 151 Å². The molecule has 2 N–H and O–H groups in total. The summed E-state index contributed by atoms with van der Waals surface area (Å²) in [6.07, 6.45) is 0.877. The predicted molar refractivity (Wildman–Crippen MR) is 98.2 cm³/mol. The Morgan fingerprint density at radius 3 is 2.35 bits per heavy atom. The number of halogens is 1. The SMILES string of the molecule is O=C(NCc1ccc(F)cc1)c1ccc(NCCc2ccccc2)nn1. The highest BCUT2D eigenvalue weighted by molar-refractivity contribution is 5.92. The number of carbonyl (C=O) groups excluding carboxylic acids is 1. The largest absolute Gasteiger partial charge is 0.368 e. The molecule has 0 aliphatic rings. The van der Waals surface area contributed by atoms with E-state index < -0.39 is 0 Å². The third-order valence-corrected chi connectivity index (χ3v) is 3.83. The maximum atomic E-state index is 12.9. The van der Waals surface area contributed by atoms with Gasteiger partial charge in [0.1, 0.15) is 11.6 Å². The molecule has 0 saturated heterocycles. The van der Waals surface area contributed by atoms with Crippen LogP contribution in [0.4, 0.5) is 10.2 Å². The van der Waals surface area contributed by atoms with Crippen LogP contribution in [0.5, 0.6) is 0 Å². The molecule has 1 aromatic heterocycles. The fourth-order valence-electron chi connectivity index (χ4n) is 2.40. The van der Waals surface area contributed by atoms with Gasteiger partial charge in [-0.1, -0.05) is 42.5 Å². The van der Waals surface area contributed by atoms with Crippen LogP contribution >= 0.6 is 0 Å². The van der Waals surface area contributed by atoms with Crippen molar-refractivity contribution in [3.05, 3.63) is 89.4 Å². The van der Waals surface area contributed by atoms with Gasteiger partial charge in [-0.25, -0.2) is 4.39 Å². The van der Waals surface area contributed by atoms with E-state index in [2.05, 4.69) is 33.0 Å². The molecule has 0 aliphatic heterocycles. The van der Waals surface area contributed by atoms with Crippen LogP contribution in [-0.2, 0) is 13.0 Å². The number of hydrogen-bond donors (Lipinski definition) is 2. The smallest absolute Gasteiger partial charge is 0.272 e. The molecule has 0 unspecified atom stereocenters. The first kappa shape index (κ1) is 17.5. The molecule has 3 aromatic rings. The highest BCUT2D eigenvalue weighted by Crippen LogP contribution is 2.05. The maximum Gasteiger partial charge on any atom is 0.272 e. The summed E-state index contributed by atoms with van der Waals surface area (Å²) in [6.45, 7) is 1.03. The molecule has 1 amide bonds. The van der Waals surface area contributed by atoms with E-state index in [1.807, 2.05) is 18.2 Å². The molecule has 132 valence electrons. The summed E-state index contributed by atoms with van der Waals surface area (Å²) in [7, 11) is 0. The van der Waals surface area contributed by atoms with Gasteiger partial charge in [0.05, 0.1) is 0 Å². The lowest BCUT2D eigenvalue weighted by molar-refractivity contribution is 0.0945. The van der Waals surface area contributed by atoms with Gasteiger partial charge in [-0.05, 0) is 41.8 Å². The van der Waals surface area contributed by atoms with Crippen molar-refractivity contribution in [3.63, 3.8) is 0 Å². The fourth-order valence-corrected chi connectivity index (χ4v) is 2.40. The van der Waals surface area contributed by atoms with E-state index in [1.54, 1.807) is 24.3 Å². The molecule has 0 atom stereocenters. The molecule has 0 fully saturated rings. The Hall–Kier alpha value is -3.28. The van der Waals surface area contributed by atoms with Crippen LogP contribution in [0, 0.1) is 5.82 Å². The van der Waals surface area contributed by atoms with Crippen LogP contribution in [-0.4, -0.2) is 22.6 Å². The topological polar surface area (TPSA) is 66.9 Å². The molecular weight excluding hydrogens is 331 g/mol. The number of nitrogens with zero attached hydrogens (tertiary/aromatic N) is 2. The fraction of sp³-hybridized carbons (Fsp3) is 0.150. The summed E-state index contributed by atoms with van der Waals surface area (Å²) in [5.74, 6) is -0.00466. The maximum absolute atomic E-state index is 12.9. The molecule has 26 heavy (non-hydrogen) atoms. The second kappa shape index (κ2) is 8.71. The van der Waals surface area contributed by atoms with Gasteiger partial charge in [0.15, 0.2) is 5.69 Å². The summed E-state index contributed by atoms with van der Waals surface area (Å²) in [6, 6.07) is 19.5. The third-order valence-electron chi connectivity index (χ3n) is 3.83. The van der Waals surface area contributed by atoms with Gasteiger partial charge >= 0.3 is 0 Å². The predicted octanol–water partition coefficient (Wildman–Crippen LogP) is 3.20. The Balaban J connectivity index is 1.47. The summed E-state index contributed by atoms with van der Waals surface area (Å²) in [4.78, 5) is 12.1. The Kier molecular flexibility index (Phi) is 5.88. The average Bonchev–Trinajstić information content (AvgIpc) is 2.69. The van der Waals surface area contributed by atoms with E-state index >= 15 is 0 Å². The molecular formula is C20H19FN4O. The van der Waals surface area contributed by atoms with E-state index in [1.165, 1.54) is 17.7 Å². The number of benzene rings is 2. The van der Waals surface area contributed by atoms with Crippen LogP contribution in [0.3, 0.4) is 0 Å². The van der Waals surface area contributed by atoms with Gasteiger partial charge in [-0.15, -0.1) is 10.2 Å². The normalized spacial score (nSPS) is 10.3. The second-order valence-electron chi connectivity index (χ2n) is 5.78. The summed E-state index contributed by atoms with van der Waals surface area (Å²) in [5.41, 5.74) is 2.29. The molecule has 0 spiro atoms. The van der Waals surface area contributed by atoms with Crippen LogP contribution in [0.1, 0.15) is 21.6 Å². The van der Waals surface area contributed by atoms with Gasteiger partial charge in [-0.2, -0.15) is 0 Å². The molecule has 0 saturated carbocycles. The van der Waals surface area contributed by atoms with Gasteiger partial charge in [0.2, 0.25) is 0 Å². The average molecular weight is 350 g/mol. The first-order valence-electron chi connectivity index (χ1n) is 8.35. The second-order valence-corrected chi connectivity index (χ2v) is 5.78. The molecule has 3 rings (SSSR count). The van der Waals surface area contributed by atoms with E-state index in [0.29, 0.717) is 12.4 Å². The van der Waals surface area contributed by atoms with E-state index in [9.17, 15) is 9.18 Å². The van der Waals surface area contributed by atoms with Crippen molar-refractivity contribution in [1.82, 2.24) is 15.5 Å². The van der Waals surface area contributed by atoms with E-state index in [0.717, 1.165) is 18.5 Å². The lowest BCUT2D eigenvalue weighted by Gasteiger charge is -2.07. The first-order chi connectivity index (χ1) is 12.7. The van der Waals surface area contributed by atoms with Gasteiger partial charge in [0, 0.05) is 13.1 Å².